The van der Waals surface area contributed by atoms with Gasteiger partial charge in [-0.15, -0.1) is 0 Å². The first-order valence-electron chi connectivity index (χ1n) is 7.70. The van der Waals surface area contributed by atoms with Crippen LogP contribution in [0.25, 0.3) is 11.0 Å². The van der Waals surface area contributed by atoms with Crippen LogP contribution < -0.4 is 15.7 Å². The lowest BCUT2D eigenvalue weighted by molar-refractivity contribution is -0.122. The number of fused-ring (bicyclic) bond motifs is 1. The van der Waals surface area contributed by atoms with Crippen molar-refractivity contribution in [2.45, 2.75) is 20.0 Å². The lowest BCUT2D eigenvalue weighted by Crippen LogP contribution is -2.30. The SMILES string of the molecule is Cc1cc(=O)oc2cc(O[C@@H](C)C(=O)Nc3ccc(F)cc3)ccc12. The quantitative estimate of drug-likeness (QED) is 0.736. The van der Waals surface area contributed by atoms with Crippen LogP contribution in [0.1, 0.15) is 12.5 Å². The number of ether oxygens (including phenoxy) is 1. The van der Waals surface area contributed by atoms with Gasteiger partial charge in [0.15, 0.2) is 6.10 Å². The molecule has 3 aromatic rings. The summed E-state index contributed by atoms with van der Waals surface area (Å²) in [6.07, 6.45) is -0.793. The molecule has 1 heterocycles. The summed E-state index contributed by atoms with van der Waals surface area (Å²) in [5, 5.41) is 3.44. The highest BCUT2D eigenvalue weighted by Gasteiger charge is 2.15. The van der Waals surface area contributed by atoms with E-state index in [1.165, 1.54) is 30.3 Å². The maximum absolute atomic E-state index is 12.9. The van der Waals surface area contributed by atoms with E-state index in [9.17, 15) is 14.0 Å². The molecule has 25 heavy (non-hydrogen) atoms. The molecule has 128 valence electrons. The first-order valence-corrected chi connectivity index (χ1v) is 7.70. The third-order valence-electron chi connectivity index (χ3n) is 3.72. The fourth-order valence-electron chi connectivity index (χ4n) is 2.41. The molecule has 0 unspecified atom stereocenters. The predicted molar refractivity (Wildman–Crippen MR) is 92.3 cm³/mol. The average Bonchev–Trinajstić information content (AvgIpc) is 2.56. The van der Waals surface area contributed by atoms with Gasteiger partial charge in [0.25, 0.3) is 5.91 Å². The lowest BCUT2D eigenvalue weighted by atomic mass is 10.1. The van der Waals surface area contributed by atoms with Crippen molar-refractivity contribution < 1.29 is 18.3 Å². The molecule has 0 bridgehead atoms. The van der Waals surface area contributed by atoms with E-state index in [4.69, 9.17) is 9.15 Å². The summed E-state index contributed by atoms with van der Waals surface area (Å²) in [5.74, 6) is -0.351. The Balaban J connectivity index is 1.74. The van der Waals surface area contributed by atoms with E-state index >= 15 is 0 Å². The zero-order valence-corrected chi connectivity index (χ0v) is 13.7. The van der Waals surface area contributed by atoms with E-state index in [-0.39, 0.29) is 11.7 Å². The number of anilines is 1. The maximum Gasteiger partial charge on any atom is 0.336 e. The lowest BCUT2D eigenvalue weighted by Gasteiger charge is -2.15. The van der Waals surface area contributed by atoms with Gasteiger partial charge in [-0.3, -0.25) is 4.79 Å². The summed E-state index contributed by atoms with van der Waals surface area (Å²) in [6, 6.07) is 11.9. The number of hydrogen-bond donors (Lipinski definition) is 1. The molecule has 1 atom stereocenters. The van der Waals surface area contributed by atoms with Crippen molar-refractivity contribution in [3.8, 4) is 5.75 Å². The largest absolute Gasteiger partial charge is 0.481 e. The van der Waals surface area contributed by atoms with Gasteiger partial charge in [0.2, 0.25) is 0 Å². The van der Waals surface area contributed by atoms with Crippen molar-refractivity contribution >= 4 is 22.6 Å². The summed E-state index contributed by atoms with van der Waals surface area (Å²) in [4.78, 5) is 23.6. The van der Waals surface area contributed by atoms with Gasteiger partial charge in [-0.1, -0.05) is 0 Å². The van der Waals surface area contributed by atoms with Crippen LogP contribution in [-0.4, -0.2) is 12.0 Å². The standard InChI is InChI=1S/C19H16FNO4/c1-11-9-18(22)25-17-10-15(7-8-16(11)17)24-12(2)19(23)21-14-5-3-13(20)4-6-14/h3-10,12H,1-2H3,(H,21,23)/t12-/m0/s1. The van der Waals surface area contributed by atoms with Crippen molar-refractivity contribution in [1.82, 2.24) is 0 Å². The number of aryl methyl sites for hydroxylation is 1. The molecule has 0 aliphatic carbocycles. The van der Waals surface area contributed by atoms with Gasteiger partial charge >= 0.3 is 5.63 Å². The molecule has 0 aliphatic heterocycles. The number of halogens is 1. The second kappa shape index (κ2) is 6.76. The molecule has 1 N–H and O–H groups in total. The molecule has 5 nitrogen and oxygen atoms in total. The minimum absolute atomic E-state index is 0.377. The van der Waals surface area contributed by atoms with E-state index < -0.39 is 11.7 Å². The molecular formula is C19H16FNO4. The Labute approximate surface area is 143 Å². The van der Waals surface area contributed by atoms with E-state index in [2.05, 4.69) is 5.32 Å². The normalized spacial score (nSPS) is 12.0. The summed E-state index contributed by atoms with van der Waals surface area (Å²) >= 11 is 0. The summed E-state index contributed by atoms with van der Waals surface area (Å²) < 4.78 is 23.7. The summed E-state index contributed by atoms with van der Waals surface area (Å²) in [7, 11) is 0. The predicted octanol–water partition coefficient (Wildman–Crippen LogP) is 3.65. The second-order valence-electron chi connectivity index (χ2n) is 5.66. The third kappa shape index (κ3) is 3.85. The Bertz CT molecular complexity index is 979. The molecular weight excluding hydrogens is 325 g/mol. The molecule has 0 aliphatic rings. The van der Waals surface area contributed by atoms with Crippen molar-refractivity contribution in [3.63, 3.8) is 0 Å². The number of hydrogen-bond acceptors (Lipinski definition) is 4. The Hall–Kier alpha value is -3.15. The van der Waals surface area contributed by atoms with Crippen LogP contribution in [0.5, 0.6) is 5.75 Å². The van der Waals surface area contributed by atoms with E-state index in [1.807, 2.05) is 6.92 Å². The molecule has 0 saturated heterocycles. The van der Waals surface area contributed by atoms with Crippen molar-refractivity contribution in [3.05, 3.63) is 70.3 Å². The molecule has 0 fully saturated rings. The van der Waals surface area contributed by atoms with Crippen LogP contribution in [-0.2, 0) is 4.79 Å². The fraction of sp³-hybridized carbons (Fsp3) is 0.158. The van der Waals surface area contributed by atoms with E-state index in [0.717, 1.165) is 10.9 Å². The molecule has 6 heteroatoms. The van der Waals surface area contributed by atoms with Crippen molar-refractivity contribution in [1.29, 1.82) is 0 Å². The van der Waals surface area contributed by atoms with Gasteiger partial charge in [0, 0.05) is 23.2 Å². The highest BCUT2D eigenvalue weighted by molar-refractivity contribution is 5.94. The minimum Gasteiger partial charge on any atom is -0.481 e. The fourth-order valence-corrected chi connectivity index (χ4v) is 2.41. The third-order valence-corrected chi connectivity index (χ3v) is 3.72. The summed E-state index contributed by atoms with van der Waals surface area (Å²) in [6.45, 7) is 3.41. The number of carbonyl (C=O) groups is 1. The average molecular weight is 341 g/mol. The van der Waals surface area contributed by atoms with E-state index in [0.29, 0.717) is 17.0 Å². The Morgan fingerprint density at radius 2 is 1.88 bits per heavy atom. The molecule has 1 amide bonds. The topological polar surface area (TPSA) is 68.5 Å². The summed E-state index contributed by atoms with van der Waals surface area (Å²) in [5.41, 5.74) is 1.24. The Morgan fingerprint density at radius 3 is 2.60 bits per heavy atom. The van der Waals surface area contributed by atoms with Gasteiger partial charge in [-0.05, 0) is 55.8 Å². The number of amides is 1. The van der Waals surface area contributed by atoms with Crippen molar-refractivity contribution in [2.24, 2.45) is 0 Å². The molecule has 3 rings (SSSR count). The zero-order chi connectivity index (χ0) is 18.0. The Kier molecular flexibility index (Phi) is 4.52. The first-order chi connectivity index (χ1) is 11.9. The molecule has 0 spiro atoms. The monoisotopic (exact) mass is 341 g/mol. The van der Waals surface area contributed by atoms with Gasteiger partial charge in [-0.25, -0.2) is 9.18 Å². The number of benzene rings is 2. The van der Waals surface area contributed by atoms with Gasteiger partial charge < -0.3 is 14.5 Å². The van der Waals surface area contributed by atoms with Crippen molar-refractivity contribution in [2.75, 3.05) is 5.32 Å². The van der Waals surface area contributed by atoms with Crippen LogP contribution in [0.4, 0.5) is 10.1 Å². The Morgan fingerprint density at radius 1 is 1.16 bits per heavy atom. The van der Waals surface area contributed by atoms with Crippen LogP contribution >= 0.6 is 0 Å². The van der Waals surface area contributed by atoms with Crippen LogP contribution in [0, 0.1) is 12.7 Å². The highest BCUT2D eigenvalue weighted by Crippen LogP contribution is 2.23. The van der Waals surface area contributed by atoms with E-state index in [1.54, 1.807) is 25.1 Å². The van der Waals surface area contributed by atoms with Crippen LogP contribution in [0.3, 0.4) is 0 Å². The number of rotatable bonds is 4. The number of carbonyl (C=O) groups excluding carboxylic acids is 1. The van der Waals surface area contributed by atoms with Crippen LogP contribution in [0.2, 0.25) is 0 Å². The number of nitrogens with one attached hydrogen (secondary N) is 1. The molecule has 2 aromatic carbocycles. The second-order valence-corrected chi connectivity index (χ2v) is 5.66. The van der Waals surface area contributed by atoms with Gasteiger partial charge in [0.05, 0.1) is 0 Å². The minimum atomic E-state index is -0.793. The maximum atomic E-state index is 12.9. The first kappa shape index (κ1) is 16.7. The molecule has 1 aromatic heterocycles. The smallest absolute Gasteiger partial charge is 0.336 e. The molecule has 0 radical (unpaired) electrons. The van der Waals surface area contributed by atoms with Crippen LogP contribution in [0.15, 0.2) is 57.7 Å². The highest BCUT2D eigenvalue weighted by atomic mass is 19.1. The van der Waals surface area contributed by atoms with Gasteiger partial charge in [0.1, 0.15) is 17.1 Å². The van der Waals surface area contributed by atoms with Gasteiger partial charge in [-0.2, -0.15) is 0 Å². The zero-order valence-electron chi connectivity index (χ0n) is 13.7. The molecule has 0 saturated carbocycles.